The van der Waals surface area contributed by atoms with Crippen LogP contribution < -0.4 is 0 Å². The van der Waals surface area contributed by atoms with Crippen molar-refractivity contribution in [2.24, 2.45) is 0 Å². The summed E-state index contributed by atoms with van der Waals surface area (Å²) in [5, 5.41) is 0. The van der Waals surface area contributed by atoms with Crippen molar-refractivity contribution in [3.63, 3.8) is 0 Å². The lowest BCUT2D eigenvalue weighted by Crippen LogP contribution is -2.52. The van der Waals surface area contributed by atoms with Crippen LogP contribution in [-0.4, -0.2) is 42.4 Å². The molecule has 0 aromatic rings. The standard InChI is InChI=1S/C12H17NO3/c1-8(14)12-6-4-9(11(15)16-3)10(5-7-12)13(12)2/h4,10H,5-7H2,1-3H3/t10-,12-/m1/s1. The molecule has 0 spiro atoms. The van der Waals surface area contributed by atoms with Crippen molar-refractivity contribution >= 4 is 11.8 Å². The Kier molecular flexibility index (Phi) is 2.62. The molecule has 0 unspecified atom stereocenters. The molecule has 1 saturated heterocycles. The minimum atomic E-state index is -0.373. The molecule has 0 aliphatic carbocycles. The first kappa shape index (κ1) is 11.3. The van der Waals surface area contributed by atoms with Gasteiger partial charge >= 0.3 is 5.97 Å². The summed E-state index contributed by atoms with van der Waals surface area (Å²) < 4.78 is 4.76. The lowest BCUT2D eigenvalue weighted by Gasteiger charge is -2.39. The zero-order valence-electron chi connectivity index (χ0n) is 9.95. The summed E-state index contributed by atoms with van der Waals surface area (Å²) in [5.41, 5.74) is 0.335. The number of nitrogens with zero attached hydrogens (tertiary/aromatic N) is 1. The molecule has 0 aromatic heterocycles. The quantitative estimate of drug-likeness (QED) is 0.653. The van der Waals surface area contributed by atoms with Crippen LogP contribution in [0.25, 0.3) is 0 Å². The normalized spacial score (nSPS) is 33.4. The molecular formula is C12H17NO3. The van der Waals surface area contributed by atoms with Crippen molar-refractivity contribution in [3.05, 3.63) is 11.6 Å². The Labute approximate surface area is 95.2 Å². The second-order valence-electron chi connectivity index (χ2n) is 4.61. The molecule has 2 aliphatic heterocycles. The summed E-state index contributed by atoms with van der Waals surface area (Å²) in [6, 6.07) is 0.0464. The van der Waals surface area contributed by atoms with Gasteiger partial charge < -0.3 is 4.74 Å². The van der Waals surface area contributed by atoms with Crippen LogP contribution in [0.5, 0.6) is 0 Å². The summed E-state index contributed by atoms with van der Waals surface area (Å²) >= 11 is 0. The van der Waals surface area contributed by atoms with Gasteiger partial charge in [-0.1, -0.05) is 6.08 Å². The minimum absolute atomic E-state index is 0.0464. The highest BCUT2D eigenvalue weighted by Crippen LogP contribution is 2.43. The van der Waals surface area contributed by atoms with Gasteiger partial charge in [-0.25, -0.2) is 4.79 Å². The van der Waals surface area contributed by atoms with Crippen molar-refractivity contribution in [2.75, 3.05) is 14.2 Å². The number of carbonyl (C=O) groups excluding carboxylic acids is 2. The number of carbonyl (C=O) groups is 2. The van der Waals surface area contributed by atoms with E-state index in [0.717, 1.165) is 12.8 Å². The third kappa shape index (κ3) is 1.33. The molecule has 2 aliphatic rings. The van der Waals surface area contributed by atoms with E-state index in [1.165, 1.54) is 7.11 Å². The van der Waals surface area contributed by atoms with Crippen LogP contribution in [0.1, 0.15) is 26.2 Å². The van der Waals surface area contributed by atoms with Gasteiger partial charge in [0.05, 0.1) is 18.2 Å². The van der Waals surface area contributed by atoms with Gasteiger partial charge in [-0.15, -0.1) is 0 Å². The summed E-state index contributed by atoms with van der Waals surface area (Å²) in [7, 11) is 3.32. The lowest BCUT2D eigenvalue weighted by atomic mass is 9.86. The van der Waals surface area contributed by atoms with Gasteiger partial charge in [0.2, 0.25) is 0 Å². The van der Waals surface area contributed by atoms with E-state index in [2.05, 4.69) is 0 Å². The van der Waals surface area contributed by atoms with Crippen LogP contribution in [0, 0.1) is 0 Å². The number of Topliss-reactive ketones (excluding diaryl/α,β-unsaturated/α-hetero) is 1. The fourth-order valence-electron chi connectivity index (χ4n) is 2.97. The predicted octanol–water partition coefficient (Wildman–Crippen LogP) is 0.911. The minimum Gasteiger partial charge on any atom is -0.466 e. The van der Waals surface area contributed by atoms with Crippen LogP contribution in [0.4, 0.5) is 0 Å². The first-order valence-electron chi connectivity index (χ1n) is 5.55. The number of likely N-dealkylation sites (N-methyl/N-ethyl adjacent to an activating group) is 1. The molecule has 0 N–H and O–H groups in total. The maximum absolute atomic E-state index is 11.7. The van der Waals surface area contributed by atoms with Gasteiger partial charge in [-0.05, 0) is 33.2 Å². The van der Waals surface area contributed by atoms with Gasteiger partial charge in [0, 0.05) is 6.04 Å². The lowest BCUT2D eigenvalue weighted by molar-refractivity contribution is -0.138. The summed E-state index contributed by atoms with van der Waals surface area (Å²) in [5.74, 6) is -0.0754. The summed E-state index contributed by atoms with van der Waals surface area (Å²) in [6.07, 6.45) is 4.20. The highest BCUT2D eigenvalue weighted by molar-refractivity contribution is 5.93. The Bertz CT molecular complexity index is 374. The van der Waals surface area contributed by atoms with E-state index in [1.54, 1.807) is 6.92 Å². The van der Waals surface area contributed by atoms with E-state index in [0.29, 0.717) is 12.0 Å². The number of methoxy groups -OCH3 is 1. The number of fused-ring (bicyclic) bond motifs is 2. The van der Waals surface area contributed by atoms with Crippen molar-refractivity contribution in [1.82, 2.24) is 4.90 Å². The largest absolute Gasteiger partial charge is 0.466 e. The molecular weight excluding hydrogens is 206 g/mol. The third-order valence-corrected chi connectivity index (χ3v) is 4.07. The molecule has 2 bridgehead atoms. The average molecular weight is 223 g/mol. The number of hydrogen-bond donors (Lipinski definition) is 0. The number of ether oxygens (including phenoxy) is 1. The third-order valence-electron chi connectivity index (χ3n) is 4.07. The highest BCUT2D eigenvalue weighted by atomic mass is 16.5. The Morgan fingerprint density at radius 2 is 2.25 bits per heavy atom. The Balaban J connectivity index is 2.34. The van der Waals surface area contributed by atoms with Crippen LogP contribution in [0.2, 0.25) is 0 Å². The first-order chi connectivity index (χ1) is 7.53. The molecule has 1 fully saturated rings. The van der Waals surface area contributed by atoms with Crippen LogP contribution in [0.15, 0.2) is 11.6 Å². The first-order valence-corrected chi connectivity index (χ1v) is 5.55. The number of ketones is 1. The molecule has 2 rings (SSSR count). The molecule has 0 aromatic carbocycles. The van der Waals surface area contributed by atoms with E-state index in [4.69, 9.17) is 4.74 Å². The van der Waals surface area contributed by atoms with Crippen molar-refractivity contribution in [2.45, 2.75) is 37.8 Å². The number of esters is 1. The molecule has 2 heterocycles. The van der Waals surface area contributed by atoms with Gasteiger partial charge in [-0.2, -0.15) is 0 Å². The highest BCUT2D eigenvalue weighted by Gasteiger charge is 2.51. The molecule has 0 saturated carbocycles. The van der Waals surface area contributed by atoms with Crippen LogP contribution >= 0.6 is 0 Å². The fraction of sp³-hybridized carbons (Fsp3) is 0.667. The SMILES string of the molecule is COC(=O)C1=CC[C@]2(C(C)=O)CC[C@H]1N2C. The molecule has 4 heteroatoms. The zero-order chi connectivity index (χ0) is 11.9. The topological polar surface area (TPSA) is 46.6 Å². The van der Waals surface area contributed by atoms with Crippen molar-refractivity contribution in [3.8, 4) is 0 Å². The Morgan fingerprint density at radius 1 is 1.56 bits per heavy atom. The fourth-order valence-corrected chi connectivity index (χ4v) is 2.97. The maximum atomic E-state index is 11.7. The Morgan fingerprint density at radius 3 is 2.81 bits per heavy atom. The summed E-state index contributed by atoms with van der Waals surface area (Å²) in [6.45, 7) is 1.63. The average Bonchev–Trinajstić information content (AvgIpc) is 2.50. The van der Waals surface area contributed by atoms with Crippen molar-refractivity contribution in [1.29, 1.82) is 0 Å². The van der Waals surface area contributed by atoms with Crippen LogP contribution in [-0.2, 0) is 14.3 Å². The molecule has 0 radical (unpaired) electrons. The van der Waals surface area contributed by atoms with Gasteiger partial charge in [0.15, 0.2) is 0 Å². The van der Waals surface area contributed by atoms with E-state index in [9.17, 15) is 9.59 Å². The molecule has 2 atom stereocenters. The maximum Gasteiger partial charge on any atom is 0.335 e. The predicted molar refractivity (Wildman–Crippen MR) is 58.9 cm³/mol. The molecule has 0 amide bonds. The van der Waals surface area contributed by atoms with Crippen LogP contribution in [0.3, 0.4) is 0 Å². The number of rotatable bonds is 2. The molecule has 16 heavy (non-hydrogen) atoms. The summed E-state index contributed by atoms with van der Waals surface area (Å²) in [4.78, 5) is 25.4. The second kappa shape index (κ2) is 3.70. The second-order valence-corrected chi connectivity index (χ2v) is 4.61. The smallest absolute Gasteiger partial charge is 0.335 e. The Hall–Kier alpha value is -1.16. The molecule has 4 nitrogen and oxygen atoms in total. The zero-order valence-corrected chi connectivity index (χ0v) is 9.95. The van der Waals surface area contributed by atoms with E-state index < -0.39 is 0 Å². The molecule has 88 valence electrons. The van der Waals surface area contributed by atoms with Gasteiger partial charge in [-0.3, -0.25) is 9.69 Å². The number of hydrogen-bond acceptors (Lipinski definition) is 4. The van der Waals surface area contributed by atoms with E-state index >= 15 is 0 Å². The van der Waals surface area contributed by atoms with Gasteiger partial charge in [0.1, 0.15) is 5.78 Å². The van der Waals surface area contributed by atoms with Gasteiger partial charge in [0.25, 0.3) is 0 Å². The van der Waals surface area contributed by atoms with E-state index in [1.807, 2.05) is 18.0 Å². The monoisotopic (exact) mass is 223 g/mol. The van der Waals surface area contributed by atoms with Crippen molar-refractivity contribution < 1.29 is 14.3 Å². The van der Waals surface area contributed by atoms with E-state index in [-0.39, 0.29) is 23.3 Å².